The van der Waals surface area contributed by atoms with E-state index >= 15 is 0 Å². The van der Waals surface area contributed by atoms with E-state index in [0.717, 1.165) is 0 Å². The number of carbonyl (C=O) groups excluding carboxylic acids is 1. The number of aromatic nitrogens is 1. The van der Waals surface area contributed by atoms with Gasteiger partial charge in [0.1, 0.15) is 28.5 Å². The standard InChI is InChI=1S/C23H24Cl2N4O5/c1-4-19(30)29-14-10-26-9-13(14)28-18-6-12-11(8-27-18)5-15(34-23(12)31)20-21(24)16(32-2)7-17(33-3)22(20)25/h4-8,13-14,20-21,26H,1,9-10H2,2-3H3,(H,27,28)(H,29,30)/t13-,14+,20?,21?/m1/s1. The van der Waals surface area contributed by atoms with Crippen LogP contribution in [0.15, 0.2) is 62.8 Å². The van der Waals surface area contributed by atoms with Crippen molar-refractivity contribution in [3.05, 3.63) is 69.8 Å². The number of alkyl halides is 1. The Balaban J connectivity index is 1.63. The van der Waals surface area contributed by atoms with E-state index < -0.39 is 16.9 Å². The molecule has 0 radical (unpaired) electrons. The summed E-state index contributed by atoms with van der Waals surface area (Å²) in [6, 6.07) is 3.04. The third-order valence-electron chi connectivity index (χ3n) is 5.83. The highest BCUT2D eigenvalue weighted by molar-refractivity contribution is 6.33. The maximum absolute atomic E-state index is 12.9. The number of hydrogen-bond acceptors (Lipinski definition) is 8. The van der Waals surface area contributed by atoms with Crippen molar-refractivity contribution in [2.24, 2.45) is 0 Å². The fraction of sp³-hybridized carbons (Fsp3) is 0.348. The van der Waals surface area contributed by atoms with Crippen molar-refractivity contribution >= 4 is 45.7 Å². The summed E-state index contributed by atoms with van der Waals surface area (Å²) in [6.45, 7) is 4.70. The van der Waals surface area contributed by atoms with Crippen LogP contribution in [0.1, 0.15) is 11.7 Å². The van der Waals surface area contributed by atoms with Crippen molar-refractivity contribution < 1.29 is 18.7 Å². The summed E-state index contributed by atoms with van der Waals surface area (Å²) in [6.07, 6.45) is 4.41. The van der Waals surface area contributed by atoms with E-state index in [4.69, 9.17) is 37.1 Å². The summed E-state index contributed by atoms with van der Waals surface area (Å²) < 4.78 is 16.3. The second kappa shape index (κ2) is 10.1. The molecule has 2 unspecified atom stereocenters. The normalized spacial score (nSPS) is 24.5. The summed E-state index contributed by atoms with van der Waals surface area (Å²) in [5, 5.41) is 9.88. The van der Waals surface area contributed by atoms with Gasteiger partial charge in [-0.05, 0) is 18.2 Å². The van der Waals surface area contributed by atoms with Crippen LogP contribution in [0.4, 0.5) is 5.82 Å². The molecule has 3 heterocycles. The number of anilines is 1. The van der Waals surface area contributed by atoms with Crippen molar-refractivity contribution in [3.8, 4) is 0 Å². The lowest BCUT2D eigenvalue weighted by Gasteiger charge is -2.27. The largest absolute Gasteiger partial charge is 0.499 e. The van der Waals surface area contributed by atoms with Crippen LogP contribution < -0.4 is 21.6 Å². The van der Waals surface area contributed by atoms with Gasteiger partial charge in [0.05, 0.1) is 42.6 Å². The lowest BCUT2D eigenvalue weighted by molar-refractivity contribution is -0.117. The molecular formula is C23H24Cl2N4O5. The summed E-state index contributed by atoms with van der Waals surface area (Å²) in [4.78, 5) is 29.0. The van der Waals surface area contributed by atoms with E-state index in [2.05, 4.69) is 27.5 Å². The molecule has 180 valence electrons. The average molecular weight is 507 g/mol. The van der Waals surface area contributed by atoms with Gasteiger partial charge in [-0.3, -0.25) is 4.79 Å². The number of nitrogens with zero attached hydrogens (tertiary/aromatic N) is 1. The number of rotatable bonds is 7. The molecule has 1 fully saturated rings. The average Bonchev–Trinajstić information content (AvgIpc) is 3.26. The van der Waals surface area contributed by atoms with Crippen LogP contribution in [0.25, 0.3) is 10.8 Å². The number of halogens is 2. The van der Waals surface area contributed by atoms with E-state index in [9.17, 15) is 9.59 Å². The SMILES string of the molecule is C=CC(=O)N[C@H]1CNC[C@H]1Nc1cc2c(=O)oc(C3C(Cl)=C(OC)C=C(OC)C3Cl)cc2cn1. The van der Waals surface area contributed by atoms with Crippen LogP contribution in [0, 0.1) is 0 Å². The van der Waals surface area contributed by atoms with Gasteiger partial charge in [0, 0.05) is 30.7 Å². The Morgan fingerprint density at radius 1 is 1.29 bits per heavy atom. The van der Waals surface area contributed by atoms with Crippen LogP contribution >= 0.6 is 23.2 Å². The molecular weight excluding hydrogens is 483 g/mol. The maximum atomic E-state index is 12.9. The smallest absolute Gasteiger partial charge is 0.344 e. The van der Waals surface area contributed by atoms with Crippen molar-refractivity contribution in [3.63, 3.8) is 0 Å². The van der Waals surface area contributed by atoms with Crippen molar-refractivity contribution in [2.45, 2.75) is 23.4 Å². The molecule has 3 N–H and O–H groups in total. The minimum Gasteiger partial charge on any atom is -0.499 e. The molecule has 2 aromatic rings. The van der Waals surface area contributed by atoms with Crippen LogP contribution in [-0.4, -0.2) is 55.7 Å². The van der Waals surface area contributed by atoms with Crippen LogP contribution in [0.3, 0.4) is 0 Å². The number of allylic oxidation sites excluding steroid dienone is 3. The maximum Gasteiger partial charge on any atom is 0.344 e. The summed E-state index contributed by atoms with van der Waals surface area (Å²) in [7, 11) is 2.97. The van der Waals surface area contributed by atoms with E-state index in [-0.39, 0.29) is 23.8 Å². The highest BCUT2D eigenvalue weighted by Crippen LogP contribution is 2.43. The number of amides is 1. The topological polar surface area (TPSA) is 115 Å². The molecule has 2 aliphatic rings. The van der Waals surface area contributed by atoms with Gasteiger partial charge in [0.25, 0.3) is 0 Å². The zero-order valence-corrected chi connectivity index (χ0v) is 20.1. The Kier molecular flexibility index (Phi) is 7.16. The van der Waals surface area contributed by atoms with Gasteiger partial charge in [-0.25, -0.2) is 9.78 Å². The molecule has 1 aliphatic heterocycles. The predicted molar refractivity (Wildman–Crippen MR) is 130 cm³/mol. The Hall–Kier alpha value is -3.01. The quantitative estimate of drug-likeness (QED) is 0.387. The number of ether oxygens (including phenoxy) is 2. The number of nitrogens with one attached hydrogen (secondary N) is 3. The number of carbonyl (C=O) groups is 1. The number of fused-ring (bicyclic) bond motifs is 1. The molecule has 0 aromatic carbocycles. The van der Waals surface area contributed by atoms with Crippen LogP contribution in [-0.2, 0) is 14.3 Å². The third-order valence-corrected chi connectivity index (χ3v) is 6.72. The molecule has 1 amide bonds. The lowest BCUT2D eigenvalue weighted by atomic mass is 9.93. The van der Waals surface area contributed by atoms with E-state index in [1.165, 1.54) is 20.3 Å². The Morgan fingerprint density at radius 2 is 2.06 bits per heavy atom. The molecule has 4 atom stereocenters. The third kappa shape index (κ3) is 4.64. The number of pyridine rings is 1. The lowest BCUT2D eigenvalue weighted by Crippen LogP contribution is -2.45. The van der Waals surface area contributed by atoms with E-state index in [0.29, 0.717) is 46.2 Å². The molecule has 34 heavy (non-hydrogen) atoms. The Labute approximate surface area is 205 Å². The number of methoxy groups -OCH3 is 2. The molecule has 0 saturated carbocycles. The molecule has 0 bridgehead atoms. The fourth-order valence-electron chi connectivity index (χ4n) is 4.07. The fourth-order valence-corrected chi connectivity index (χ4v) is 4.90. The molecule has 1 aliphatic carbocycles. The van der Waals surface area contributed by atoms with Crippen LogP contribution in [0.5, 0.6) is 0 Å². The van der Waals surface area contributed by atoms with Crippen molar-refractivity contribution in [2.75, 3.05) is 32.6 Å². The van der Waals surface area contributed by atoms with Crippen LogP contribution in [0.2, 0.25) is 0 Å². The van der Waals surface area contributed by atoms with E-state index in [1.807, 2.05) is 0 Å². The first-order valence-corrected chi connectivity index (χ1v) is 11.3. The number of hydrogen-bond donors (Lipinski definition) is 3. The second-order valence-corrected chi connectivity index (χ2v) is 8.75. The van der Waals surface area contributed by atoms with Crippen molar-refractivity contribution in [1.82, 2.24) is 15.6 Å². The molecule has 11 heteroatoms. The highest BCUT2D eigenvalue weighted by atomic mass is 35.5. The first-order valence-electron chi connectivity index (χ1n) is 10.5. The van der Waals surface area contributed by atoms with Gasteiger partial charge in [-0.1, -0.05) is 18.2 Å². The zero-order chi connectivity index (χ0) is 24.4. The molecule has 2 aromatic heterocycles. The zero-order valence-electron chi connectivity index (χ0n) is 18.6. The first-order chi connectivity index (χ1) is 16.4. The van der Waals surface area contributed by atoms with Gasteiger partial charge in [0.2, 0.25) is 5.91 Å². The van der Waals surface area contributed by atoms with Crippen molar-refractivity contribution in [1.29, 1.82) is 0 Å². The van der Waals surface area contributed by atoms with Gasteiger partial charge in [-0.15, -0.1) is 11.6 Å². The van der Waals surface area contributed by atoms with Gasteiger partial charge in [-0.2, -0.15) is 0 Å². The van der Waals surface area contributed by atoms with E-state index in [1.54, 1.807) is 24.4 Å². The minimum absolute atomic E-state index is 0.116. The molecule has 1 saturated heterocycles. The molecule has 0 spiro atoms. The van der Waals surface area contributed by atoms with Gasteiger partial charge in [0.15, 0.2) is 0 Å². The predicted octanol–water partition coefficient (Wildman–Crippen LogP) is 2.57. The highest BCUT2D eigenvalue weighted by Gasteiger charge is 2.37. The van der Waals surface area contributed by atoms with Gasteiger partial charge < -0.3 is 29.8 Å². The summed E-state index contributed by atoms with van der Waals surface area (Å²) in [5.41, 5.74) is -0.556. The molecule has 9 nitrogen and oxygen atoms in total. The monoisotopic (exact) mass is 506 g/mol. The Morgan fingerprint density at radius 3 is 2.76 bits per heavy atom. The molecule has 4 rings (SSSR count). The first kappa shape index (κ1) is 24.1. The summed E-state index contributed by atoms with van der Waals surface area (Å²) in [5.74, 6) is 0.648. The summed E-state index contributed by atoms with van der Waals surface area (Å²) >= 11 is 13.1. The second-order valence-electron chi connectivity index (χ2n) is 7.87. The minimum atomic E-state index is -0.691. The Bertz CT molecular complexity index is 1240. The van der Waals surface area contributed by atoms with Gasteiger partial charge >= 0.3 is 5.63 Å².